The lowest BCUT2D eigenvalue weighted by Gasteiger charge is -2.30. The first-order chi connectivity index (χ1) is 12.0. The number of nitrogen functional groups attached to an aromatic ring is 1. The summed E-state index contributed by atoms with van der Waals surface area (Å²) in [6.07, 6.45) is 0.503. The highest BCUT2D eigenvalue weighted by molar-refractivity contribution is 5.81. The number of carbonyl (C=O) groups is 1. The quantitative estimate of drug-likeness (QED) is 0.905. The van der Waals surface area contributed by atoms with Crippen molar-refractivity contribution in [3.05, 3.63) is 40.8 Å². The van der Waals surface area contributed by atoms with E-state index in [0.29, 0.717) is 35.5 Å². The zero-order valence-corrected chi connectivity index (χ0v) is 14.0. The van der Waals surface area contributed by atoms with Crippen LogP contribution in [0.1, 0.15) is 23.7 Å². The second-order valence-corrected chi connectivity index (χ2v) is 5.82. The number of ether oxygens (including phenoxy) is 1. The molecule has 0 saturated carbocycles. The number of methoxy groups -OCH3 is 1. The Morgan fingerprint density at radius 2 is 2.24 bits per heavy atom. The topological polar surface area (TPSA) is 92.2 Å². The number of hydrogen-bond acceptors (Lipinski definition) is 5. The molecule has 0 spiro atoms. The molecule has 128 valence electrons. The molecule has 2 N–H and O–H groups in total. The molecule has 7 heteroatoms. The Bertz CT molecular complexity index is 905. The molecule has 0 fully saturated rings. The van der Waals surface area contributed by atoms with Gasteiger partial charge in [-0.15, -0.1) is 0 Å². The number of fused-ring (bicyclic) bond motifs is 1. The van der Waals surface area contributed by atoms with E-state index in [2.05, 4.69) is 4.98 Å². The Kier molecular flexibility index (Phi) is 4.28. The minimum atomic E-state index is -0.495. The summed E-state index contributed by atoms with van der Waals surface area (Å²) in [6, 6.07) is 6.33. The fourth-order valence-corrected chi connectivity index (χ4v) is 3.08. The third-order valence-electron chi connectivity index (χ3n) is 4.38. The lowest BCUT2D eigenvalue weighted by molar-refractivity contribution is -0.129. The Morgan fingerprint density at radius 3 is 2.88 bits per heavy atom. The molecular weight excluding hydrogens is 323 g/mol. The molecule has 1 aliphatic heterocycles. The van der Waals surface area contributed by atoms with E-state index >= 15 is 0 Å². The van der Waals surface area contributed by atoms with Gasteiger partial charge in [-0.05, 0) is 18.2 Å². The van der Waals surface area contributed by atoms with Gasteiger partial charge in [-0.3, -0.25) is 4.79 Å². The summed E-state index contributed by atoms with van der Waals surface area (Å²) in [7, 11) is 1.48. The highest BCUT2D eigenvalue weighted by Gasteiger charge is 2.27. The van der Waals surface area contributed by atoms with Crippen molar-refractivity contribution in [2.45, 2.75) is 19.9 Å². The van der Waals surface area contributed by atoms with E-state index in [1.165, 1.54) is 32.2 Å². The number of carbonyl (C=O) groups excluding carboxylic acids is 1. The average molecular weight is 340 g/mol. The molecule has 2 heterocycles. The molecule has 0 atom stereocenters. The van der Waals surface area contributed by atoms with E-state index in [-0.39, 0.29) is 29.4 Å². The summed E-state index contributed by atoms with van der Waals surface area (Å²) in [6.45, 7) is 2.26. The summed E-state index contributed by atoms with van der Waals surface area (Å²) >= 11 is 0. The number of anilines is 1. The molecule has 1 amide bonds. The SMILES string of the molecule is COc1ccc(F)c(-c2c(C#N)c(N)nc3c2CN(C(C)=O)CC3)c1. The highest BCUT2D eigenvalue weighted by atomic mass is 19.1. The third-order valence-corrected chi connectivity index (χ3v) is 4.38. The van der Waals surface area contributed by atoms with Crippen molar-refractivity contribution in [1.82, 2.24) is 9.88 Å². The van der Waals surface area contributed by atoms with Gasteiger partial charge in [0.2, 0.25) is 5.91 Å². The number of halogens is 1. The minimum Gasteiger partial charge on any atom is -0.497 e. The number of hydrogen-bond donors (Lipinski definition) is 1. The molecule has 0 bridgehead atoms. The Morgan fingerprint density at radius 1 is 1.48 bits per heavy atom. The molecule has 6 nitrogen and oxygen atoms in total. The van der Waals surface area contributed by atoms with Crippen LogP contribution in [0.2, 0.25) is 0 Å². The maximum Gasteiger partial charge on any atom is 0.219 e. The molecule has 1 aromatic heterocycles. The normalized spacial score (nSPS) is 13.1. The predicted molar refractivity (Wildman–Crippen MR) is 90.1 cm³/mol. The second-order valence-electron chi connectivity index (χ2n) is 5.82. The third kappa shape index (κ3) is 2.87. The van der Waals surface area contributed by atoms with Crippen LogP contribution in [-0.4, -0.2) is 29.4 Å². The van der Waals surface area contributed by atoms with Crippen molar-refractivity contribution < 1.29 is 13.9 Å². The van der Waals surface area contributed by atoms with Crippen LogP contribution in [0.4, 0.5) is 10.2 Å². The zero-order chi connectivity index (χ0) is 18.1. The Labute approximate surface area is 144 Å². The van der Waals surface area contributed by atoms with Crippen molar-refractivity contribution in [2.24, 2.45) is 0 Å². The first-order valence-electron chi connectivity index (χ1n) is 7.77. The number of pyridine rings is 1. The largest absolute Gasteiger partial charge is 0.497 e. The van der Waals surface area contributed by atoms with Gasteiger partial charge in [0.15, 0.2) is 0 Å². The van der Waals surface area contributed by atoms with E-state index in [9.17, 15) is 14.4 Å². The van der Waals surface area contributed by atoms with Gasteiger partial charge in [-0.2, -0.15) is 5.26 Å². The summed E-state index contributed by atoms with van der Waals surface area (Å²) < 4.78 is 19.7. The van der Waals surface area contributed by atoms with Crippen LogP contribution in [0, 0.1) is 17.1 Å². The predicted octanol–water partition coefficient (Wildman–Crippen LogP) is 2.25. The molecular formula is C18H17FN4O2. The number of amides is 1. The van der Waals surface area contributed by atoms with Gasteiger partial charge in [-0.1, -0.05) is 0 Å². The smallest absolute Gasteiger partial charge is 0.219 e. The van der Waals surface area contributed by atoms with Crippen molar-refractivity contribution in [2.75, 3.05) is 19.4 Å². The Hall–Kier alpha value is -3.14. The Balaban J connectivity index is 2.30. The number of benzene rings is 1. The van der Waals surface area contributed by atoms with Crippen LogP contribution < -0.4 is 10.5 Å². The van der Waals surface area contributed by atoms with E-state index in [4.69, 9.17) is 10.5 Å². The average Bonchev–Trinajstić information content (AvgIpc) is 2.60. The number of nitriles is 1. The summed E-state index contributed by atoms with van der Waals surface area (Å²) in [5, 5.41) is 9.55. The summed E-state index contributed by atoms with van der Waals surface area (Å²) in [5.74, 6) is -0.0542. The fraction of sp³-hybridized carbons (Fsp3) is 0.278. The zero-order valence-electron chi connectivity index (χ0n) is 14.0. The van der Waals surface area contributed by atoms with Gasteiger partial charge in [0, 0.05) is 43.1 Å². The number of rotatable bonds is 2. The molecule has 0 unspecified atom stereocenters. The standard InChI is InChI=1S/C18H17FN4O2/c1-10(24)23-6-5-16-14(9-23)17(13(8-20)18(21)22-16)12-7-11(25-2)3-4-15(12)19/h3-4,7H,5-6,9H2,1-2H3,(H2,21,22). The van der Waals surface area contributed by atoms with Crippen molar-refractivity contribution >= 4 is 11.7 Å². The lowest BCUT2D eigenvalue weighted by Crippen LogP contribution is -2.35. The van der Waals surface area contributed by atoms with E-state index in [1.54, 1.807) is 4.90 Å². The number of aromatic nitrogens is 1. The van der Waals surface area contributed by atoms with Gasteiger partial charge in [0.05, 0.1) is 12.8 Å². The molecule has 3 rings (SSSR count). The second kappa shape index (κ2) is 6.40. The van der Waals surface area contributed by atoms with Crippen LogP contribution >= 0.6 is 0 Å². The van der Waals surface area contributed by atoms with Gasteiger partial charge in [-0.25, -0.2) is 9.37 Å². The first-order valence-corrected chi connectivity index (χ1v) is 7.77. The molecule has 0 saturated heterocycles. The van der Waals surface area contributed by atoms with Crippen LogP contribution in [0.15, 0.2) is 18.2 Å². The summed E-state index contributed by atoms with van der Waals surface area (Å²) in [4.78, 5) is 17.7. The van der Waals surface area contributed by atoms with Crippen LogP contribution in [0.3, 0.4) is 0 Å². The molecule has 1 aromatic carbocycles. The molecule has 1 aliphatic rings. The van der Waals surface area contributed by atoms with Crippen molar-refractivity contribution in [3.8, 4) is 22.9 Å². The number of nitrogens with two attached hydrogens (primary N) is 1. The minimum absolute atomic E-state index is 0.0646. The first kappa shape index (κ1) is 16.7. The lowest BCUT2D eigenvalue weighted by atomic mass is 9.90. The van der Waals surface area contributed by atoms with E-state index in [1.807, 2.05) is 6.07 Å². The highest BCUT2D eigenvalue weighted by Crippen LogP contribution is 2.37. The van der Waals surface area contributed by atoms with Crippen LogP contribution in [0.25, 0.3) is 11.1 Å². The van der Waals surface area contributed by atoms with E-state index < -0.39 is 5.82 Å². The summed E-state index contributed by atoms with van der Waals surface area (Å²) in [5.41, 5.74) is 7.98. The van der Waals surface area contributed by atoms with E-state index in [0.717, 1.165) is 0 Å². The van der Waals surface area contributed by atoms with Crippen LogP contribution in [-0.2, 0) is 17.8 Å². The number of nitrogens with zero attached hydrogens (tertiary/aromatic N) is 3. The van der Waals surface area contributed by atoms with Gasteiger partial charge in [0.1, 0.15) is 29.0 Å². The molecule has 0 aliphatic carbocycles. The molecule has 2 aromatic rings. The maximum atomic E-state index is 14.6. The maximum absolute atomic E-state index is 14.6. The molecule has 0 radical (unpaired) electrons. The van der Waals surface area contributed by atoms with Gasteiger partial charge >= 0.3 is 0 Å². The van der Waals surface area contributed by atoms with Crippen molar-refractivity contribution in [3.63, 3.8) is 0 Å². The van der Waals surface area contributed by atoms with Crippen LogP contribution in [0.5, 0.6) is 5.75 Å². The monoisotopic (exact) mass is 340 g/mol. The van der Waals surface area contributed by atoms with Gasteiger partial charge in [0.25, 0.3) is 0 Å². The molecule has 25 heavy (non-hydrogen) atoms. The fourth-order valence-electron chi connectivity index (χ4n) is 3.08. The van der Waals surface area contributed by atoms with Crippen molar-refractivity contribution in [1.29, 1.82) is 5.26 Å². The van der Waals surface area contributed by atoms with Gasteiger partial charge < -0.3 is 15.4 Å².